The Morgan fingerprint density at radius 3 is 2.55 bits per heavy atom. The number of hydrogen-bond acceptors (Lipinski definition) is 4. The van der Waals surface area contributed by atoms with Gasteiger partial charge >= 0.3 is 0 Å². The molecule has 20 heavy (non-hydrogen) atoms. The third-order valence-electron chi connectivity index (χ3n) is 2.60. The molecule has 0 bridgehead atoms. The Kier molecular flexibility index (Phi) is 5.40. The highest BCUT2D eigenvalue weighted by Gasteiger charge is 2.22. The predicted molar refractivity (Wildman–Crippen MR) is 78.5 cm³/mol. The van der Waals surface area contributed by atoms with E-state index in [9.17, 15) is 8.42 Å². The third-order valence-corrected chi connectivity index (χ3v) is 3.95. The second-order valence-electron chi connectivity index (χ2n) is 5.57. The minimum absolute atomic E-state index is 0.0686. The summed E-state index contributed by atoms with van der Waals surface area (Å²) in [5.74, 6) is 2.95. The molecule has 0 spiro atoms. The number of hydrogen-bond donors (Lipinski definition) is 2. The van der Waals surface area contributed by atoms with Gasteiger partial charge in [0.25, 0.3) is 10.0 Å². The molecule has 1 rings (SSSR count). The van der Waals surface area contributed by atoms with Gasteiger partial charge in [0, 0.05) is 5.54 Å². The predicted octanol–water partition coefficient (Wildman–Crippen LogP) is 1.86. The SMILES string of the molecule is C#CC(CC)NS(=O)(=O)c1ccc(CNC(C)(C)C)o1. The lowest BCUT2D eigenvalue weighted by Gasteiger charge is -2.19. The number of sulfonamides is 1. The fraction of sp³-hybridized carbons (Fsp3) is 0.571. The van der Waals surface area contributed by atoms with Gasteiger partial charge in [-0.1, -0.05) is 12.8 Å². The molecule has 1 aromatic heterocycles. The van der Waals surface area contributed by atoms with Crippen molar-refractivity contribution in [2.75, 3.05) is 0 Å². The van der Waals surface area contributed by atoms with Gasteiger partial charge < -0.3 is 9.73 Å². The lowest BCUT2D eigenvalue weighted by Crippen LogP contribution is -2.35. The van der Waals surface area contributed by atoms with Crippen molar-refractivity contribution in [3.8, 4) is 12.3 Å². The Labute approximate surface area is 121 Å². The maximum Gasteiger partial charge on any atom is 0.275 e. The van der Waals surface area contributed by atoms with Crippen LogP contribution in [0.1, 0.15) is 39.9 Å². The van der Waals surface area contributed by atoms with Crippen molar-refractivity contribution in [2.45, 2.75) is 57.3 Å². The van der Waals surface area contributed by atoms with Gasteiger partial charge in [-0.2, -0.15) is 4.72 Å². The van der Waals surface area contributed by atoms with E-state index in [1.54, 1.807) is 6.07 Å². The molecule has 6 heteroatoms. The Morgan fingerprint density at radius 1 is 1.40 bits per heavy atom. The smallest absolute Gasteiger partial charge is 0.275 e. The van der Waals surface area contributed by atoms with Crippen LogP contribution in [0.25, 0.3) is 0 Å². The van der Waals surface area contributed by atoms with Crippen molar-refractivity contribution in [3.63, 3.8) is 0 Å². The fourth-order valence-electron chi connectivity index (χ4n) is 1.43. The van der Waals surface area contributed by atoms with Gasteiger partial charge in [0.05, 0.1) is 12.6 Å². The van der Waals surface area contributed by atoms with E-state index in [-0.39, 0.29) is 10.6 Å². The molecular formula is C14H22N2O3S. The molecule has 1 heterocycles. The molecule has 0 aromatic carbocycles. The Morgan fingerprint density at radius 2 is 2.05 bits per heavy atom. The first-order valence-electron chi connectivity index (χ1n) is 6.50. The molecule has 1 atom stereocenters. The molecule has 112 valence electrons. The van der Waals surface area contributed by atoms with Crippen molar-refractivity contribution in [3.05, 3.63) is 17.9 Å². The summed E-state index contributed by atoms with van der Waals surface area (Å²) in [6, 6.07) is 2.55. The molecule has 0 aliphatic carbocycles. The number of terminal acetylenes is 1. The molecule has 0 saturated carbocycles. The molecule has 0 fully saturated rings. The fourth-order valence-corrected chi connectivity index (χ4v) is 2.62. The van der Waals surface area contributed by atoms with Gasteiger partial charge in [-0.3, -0.25) is 0 Å². The summed E-state index contributed by atoms with van der Waals surface area (Å²) in [6.45, 7) is 8.34. The number of nitrogens with one attached hydrogen (secondary N) is 2. The standard InChI is InChI=1S/C14H22N2O3S/c1-6-11(7-2)16-20(17,18)13-9-8-12(19-13)10-15-14(3,4)5/h1,8-9,11,15-16H,7,10H2,2-5H3. The van der Waals surface area contributed by atoms with Crippen LogP contribution in [0, 0.1) is 12.3 Å². The summed E-state index contributed by atoms with van der Waals surface area (Å²) < 4.78 is 31.9. The average Bonchev–Trinajstić information content (AvgIpc) is 2.82. The minimum atomic E-state index is -3.70. The highest BCUT2D eigenvalue weighted by Crippen LogP contribution is 2.15. The molecule has 0 saturated heterocycles. The molecule has 0 amide bonds. The van der Waals surface area contributed by atoms with Crippen molar-refractivity contribution in [1.29, 1.82) is 0 Å². The van der Waals surface area contributed by atoms with Crippen LogP contribution in [-0.4, -0.2) is 20.0 Å². The van der Waals surface area contributed by atoms with E-state index < -0.39 is 16.1 Å². The number of rotatable bonds is 6. The summed E-state index contributed by atoms with van der Waals surface area (Å²) in [4.78, 5) is 0. The minimum Gasteiger partial charge on any atom is -0.447 e. The van der Waals surface area contributed by atoms with Crippen LogP contribution < -0.4 is 10.0 Å². The molecule has 0 aliphatic rings. The van der Waals surface area contributed by atoms with E-state index in [0.717, 1.165) is 0 Å². The van der Waals surface area contributed by atoms with Gasteiger partial charge in [-0.25, -0.2) is 8.42 Å². The van der Waals surface area contributed by atoms with E-state index >= 15 is 0 Å². The maximum absolute atomic E-state index is 12.1. The summed E-state index contributed by atoms with van der Waals surface area (Å²) in [6.07, 6.45) is 5.77. The Balaban J connectivity index is 2.78. The lowest BCUT2D eigenvalue weighted by atomic mass is 10.1. The van der Waals surface area contributed by atoms with Crippen LogP contribution in [0.2, 0.25) is 0 Å². The first kappa shape index (κ1) is 16.8. The van der Waals surface area contributed by atoms with Gasteiger partial charge in [0.1, 0.15) is 5.76 Å². The average molecular weight is 298 g/mol. The van der Waals surface area contributed by atoms with Crippen LogP contribution in [0.15, 0.2) is 21.6 Å². The zero-order chi connectivity index (χ0) is 15.4. The van der Waals surface area contributed by atoms with Crippen molar-refractivity contribution in [2.24, 2.45) is 0 Å². The van der Waals surface area contributed by atoms with E-state index in [4.69, 9.17) is 10.8 Å². The van der Waals surface area contributed by atoms with Crippen molar-refractivity contribution >= 4 is 10.0 Å². The van der Waals surface area contributed by atoms with Gasteiger partial charge in [0.15, 0.2) is 0 Å². The molecule has 0 aliphatic heterocycles. The molecule has 0 radical (unpaired) electrons. The number of furan rings is 1. The lowest BCUT2D eigenvalue weighted by molar-refractivity contribution is 0.359. The summed E-state index contributed by atoms with van der Waals surface area (Å²) in [7, 11) is -3.70. The van der Waals surface area contributed by atoms with E-state index in [2.05, 4.69) is 16.0 Å². The first-order chi connectivity index (χ1) is 9.18. The van der Waals surface area contributed by atoms with Crippen molar-refractivity contribution in [1.82, 2.24) is 10.0 Å². The monoisotopic (exact) mass is 298 g/mol. The second-order valence-corrected chi connectivity index (χ2v) is 7.22. The van der Waals surface area contributed by atoms with Gasteiger partial charge in [-0.05, 0) is 39.3 Å². The summed E-state index contributed by atoms with van der Waals surface area (Å²) in [5, 5.41) is 3.11. The van der Waals surface area contributed by atoms with Crippen LogP contribution in [0.5, 0.6) is 0 Å². The van der Waals surface area contributed by atoms with Crippen LogP contribution in [0.3, 0.4) is 0 Å². The van der Waals surface area contributed by atoms with Crippen molar-refractivity contribution < 1.29 is 12.8 Å². The molecule has 5 nitrogen and oxygen atoms in total. The third kappa shape index (κ3) is 5.00. The van der Waals surface area contributed by atoms with Crippen LogP contribution in [-0.2, 0) is 16.6 Å². The van der Waals surface area contributed by atoms with Gasteiger partial charge in [-0.15, -0.1) is 6.42 Å². The Bertz CT molecular complexity index is 576. The highest BCUT2D eigenvalue weighted by atomic mass is 32.2. The molecular weight excluding hydrogens is 276 g/mol. The largest absolute Gasteiger partial charge is 0.447 e. The zero-order valence-corrected chi connectivity index (χ0v) is 13.2. The van der Waals surface area contributed by atoms with E-state index in [1.165, 1.54) is 6.07 Å². The topological polar surface area (TPSA) is 71.3 Å². The summed E-state index contributed by atoms with van der Waals surface area (Å²) >= 11 is 0. The van der Waals surface area contributed by atoms with E-state index in [0.29, 0.717) is 18.7 Å². The maximum atomic E-state index is 12.1. The normalized spacial score (nSPS) is 13.9. The molecule has 2 N–H and O–H groups in total. The summed E-state index contributed by atoms with van der Waals surface area (Å²) in [5.41, 5.74) is -0.0686. The first-order valence-corrected chi connectivity index (χ1v) is 7.98. The van der Waals surface area contributed by atoms with Gasteiger partial charge in [0.2, 0.25) is 5.09 Å². The quantitative estimate of drug-likeness (QED) is 0.786. The van der Waals surface area contributed by atoms with Crippen LogP contribution >= 0.6 is 0 Å². The highest BCUT2D eigenvalue weighted by molar-refractivity contribution is 7.89. The van der Waals surface area contributed by atoms with E-state index in [1.807, 2.05) is 27.7 Å². The second kappa shape index (κ2) is 6.44. The molecule has 1 aromatic rings. The molecule has 1 unspecified atom stereocenters. The zero-order valence-electron chi connectivity index (χ0n) is 12.4. The Hall–Kier alpha value is -1.29. The van der Waals surface area contributed by atoms with Crippen LogP contribution in [0.4, 0.5) is 0 Å².